The Hall–Kier alpha value is -2.82. The fraction of sp³-hybridized carbons (Fsp3) is 0.263. The molecule has 0 aliphatic rings. The van der Waals surface area contributed by atoms with Gasteiger partial charge in [-0.2, -0.15) is 0 Å². The van der Waals surface area contributed by atoms with Gasteiger partial charge < -0.3 is 15.8 Å². The molecule has 0 radical (unpaired) electrons. The van der Waals surface area contributed by atoms with Gasteiger partial charge in [0.25, 0.3) is 5.91 Å². The van der Waals surface area contributed by atoms with Gasteiger partial charge in [-0.3, -0.25) is 4.79 Å². The van der Waals surface area contributed by atoms with Gasteiger partial charge in [-0.05, 0) is 50.1 Å². The first kappa shape index (κ1) is 17.5. The topological polar surface area (TPSA) is 77.2 Å². The summed E-state index contributed by atoms with van der Waals surface area (Å²) in [7, 11) is 0. The highest BCUT2D eigenvalue weighted by Crippen LogP contribution is 2.14. The zero-order chi connectivity index (χ0) is 17.4. The van der Waals surface area contributed by atoms with E-state index in [1.165, 1.54) is 0 Å². The summed E-state index contributed by atoms with van der Waals surface area (Å²) in [5, 5.41) is 2.85. The number of nitrogens with two attached hydrogens (primary N) is 1. The summed E-state index contributed by atoms with van der Waals surface area (Å²) in [6.07, 6.45) is 4.93. The summed E-state index contributed by atoms with van der Waals surface area (Å²) >= 11 is 0. The summed E-state index contributed by atoms with van der Waals surface area (Å²) in [5.41, 5.74) is 7.93. The number of rotatable bonds is 7. The van der Waals surface area contributed by atoms with Gasteiger partial charge in [-0.25, -0.2) is 4.98 Å². The van der Waals surface area contributed by atoms with Crippen LogP contribution in [0, 0.1) is 6.92 Å². The van der Waals surface area contributed by atoms with E-state index in [1.807, 2.05) is 44.2 Å². The fourth-order valence-corrected chi connectivity index (χ4v) is 2.20. The minimum Gasteiger partial charge on any atom is -0.493 e. The lowest BCUT2D eigenvalue weighted by molar-refractivity contribution is 0.0951. The Morgan fingerprint density at radius 1 is 1.33 bits per heavy atom. The van der Waals surface area contributed by atoms with Crippen LogP contribution in [0.25, 0.3) is 0 Å². The van der Waals surface area contributed by atoms with E-state index in [0.29, 0.717) is 18.7 Å². The SMILES string of the molecule is CC=CCCOc1cccc(CNC(=O)c2ccc(C)nc2N)c1. The van der Waals surface area contributed by atoms with Crippen LogP contribution in [0.5, 0.6) is 5.75 Å². The Kier molecular flexibility index (Phi) is 6.37. The lowest BCUT2D eigenvalue weighted by atomic mass is 10.2. The lowest BCUT2D eigenvalue weighted by Crippen LogP contribution is -2.24. The number of amides is 1. The smallest absolute Gasteiger partial charge is 0.255 e. The molecule has 0 bridgehead atoms. The molecule has 1 aromatic heterocycles. The lowest BCUT2D eigenvalue weighted by Gasteiger charge is -2.09. The molecule has 3 N–H and O–H groups in total. The summed E-state index contributed by atoms with van der Waals surface area (Å²) in [6.45, 7) is 4.85. The molecule has 2 rings (SSSR count). The number of carbonyl (C=O) groups excluding carboxylic acids is 1. The fourth-order valence-electron chi connectivity index (χ4n) is 2.20. The number of nitrogen functional groups attached to an aromatic ring is 1. The molecule has 0 spiro atoms. The van der Waals surface area contributed by atoms with Crippen molar-refractivity contribution in [2.24, 2.45) is 0 Å². The molecule has 0 aliphatic heterocycles. The first-order valence-electron chi connectivity index (χ1n) is 7.94. The molecule has 0 aliphatic carbocycles. The zero-order valence-corrected chi connectivity index (χ0v) is 14.1. The molecule has 126 valence electrons. The Bertz CT molecular complexity index is 726. The van der Waals surface area contributed by atoms with Crippen molar-refractivity contribution in [3.05, 3.63) is 65.4 Å². The molecule has 1 amide bonds. The van der Waals surface area contributed by atoms with Crippen LogP contribution in [0.1, 0.15) is 35.0 Å². The molecule has 0 unspecified atom stereocenters. The summed E-state index contributed by atoms with van der Waals surface area (Å²) < 4.78 is 5.68. The average Bonchev–Trinajstić information content (AvgIpc) is 2.57. The molecule has 0 atom stereocenters. The van der Waals surface area contributed by atoms with Crippen molar-refractivity contribution in [2.45, 2.75) is 26.8 Å². The molecule has 5 nitrogen and oxygen atoms in total. The van der Waals surface area contributed by atoms with Crippen LogP contribution >= 0.6 is 0 Å². The first-order valence-corrected chi connectivity index (χ1v) is 7.94. The molecule has 0 saturated heterocycles. The number of hydrogen-bond acceptors (Lipinski definition) is 4. The van der Waals surface area contributed by atoms with Gasteiger partial charge in [0.1, 0.15) is 11.6 Å². The van der Waals surface area contributed by atoms with Gasteiger partial charge in [-0.15, -0.1) is 0 Å². The number of anilines is 1. The minimum atomic E-state index is -0.237. The molecule has 5 heteroatoms. The van der Waals surface area contributed by atoms with Crippen LogP contribution in [0.15, 0.2) is 48.6 Å². The number of hydrogen-bond donors (Lipinski definition) is 2. The monoisotopic (exact) mass is 325 g/mol. The highest BCUT2D eigenvalue weighted by molar-refractivity contribution is 5.98. The van der Waals surface area contributed by atoms with Gasteiger partial charge >= 0.3 is 0 Å². The Balaban J connectivity index is 1.92. The van der Waals surface area contributed by atoms with E-state index >= 15 is 0 Å². The van der Waals surface area contributed by atoms with Crippen LogP contribution in [0.2, 0.25) is 0 Å². The second-order valence-electron chi connectivity index (χ2n) is 5.42. The predicted octanol–water partition coefficient (Wildman–Crippen LogP) is 3.25. The maximum atomic E-state index is 12.2. The van der Waals surface area contributed by atoms with E-state index in [4.69, 9.17) is 10.5 Å². The third kappa shape index (κ3) is 5.12. The maximum absolute atomic E-state index is 12.2. The number of benzene rings is 1. The highest BCUT2D eigenvalue weighted by Gasteiger charge is 2.10. The second-order valence-corrected chi connectivity index (χ2v) is 5.42. The van der Waals surface area contributed by atoms with Crippen LogP contribution in [-0.2, 0) is 6.54 Å². The van der Waals surface area contributed by atoms with Crippen LogP contribution in [0.4, 0.5) is 5.82 Å². The molecule has 24 heavy (non-hydrogen) atoms. The third-order valence-electron chi connectivity index (χ3n) is 3.45. The predicted molar refractivity (Wildman–Crippen MR) is 95.9 cm³/mol. The number of ether oxygens (including phenoxy) is 1. The second kappa shape index (κ2) is 8.72. The number of pyridine rings is 1. The van der Waals surface area contributed by atoms with Crippen molar-refractivity contribution in [1.82, 2.24) is 10.3 Å². The van der Waals surface area contributed by atoms with E-state index in [0.717, 1.165) is 23.4 Å². The summed E-state index contributed by atoms with van der Waals surface area (Å²) in [5.74, 6) is 0.802. The van der Waals surface area contributed by atoms with Crippen molar-refractivity contribution in [3.8, 4) is 5.75 Å². The average molecular weight is 325 g/mol. The van der Waals surface area contributed by atoms with Crippen LogP contribution in [-0.4, -0.2) is 17.5 Å². The first-order chi connectivity index (χ1) is 11.6. The highest BCUT2D eigenvalue weighted by atomic mass is 16.5. The normalized spacial score (nSPS) is 10.8. The molecule has 2 aromatic rings. The van der Waals surface area contributed by atoms with E-state index < -0.39 is 0 Å². The number of nitrogens with one attached hydrogen (secondary N) is 1. The molecule has 1 aromatic carbocycles. The number of aromatic nitrogens is 1. The van der Waals surface area contributed by atoms with Gasteiger partial charge in [0.05, 0.1) is 12.2 Å². The molecule has 0 fully saturated rings. The van der Waals surface area contributed by atoms with Gasteiger partial charge in [0.15, 0.2) is 0 Å². The largest absolute Gasteiger partial charge is 0.493 e. The Labute approximate surface area is 142 Å². The van der Waals surface area contributed by atoms with Crippen molar-refractivity contribution in [1.29, 1.82) is 0 Å². The minimum absolute atomic E-state index is 0.237. The summed E-state index contributed by atoms with van der Waals surface area (Å²) in [6, 6.07) is 11.1. The maximum Gasteiger partial charge on any atom is 0.255 e. The van der Waals surface area contributed by atoms with E-state index in [1.54, 1.807) is 12.1 Å². The van der Waals surface area contributed by atoms with E-state index in [2.05, 4.69) is 16.4 Å². The van der Waals surface area contributed by atoms with Crippen molar-refractivity contribution < 1.29 is 9.53 Å². The van der Waals surface area contributed by atoms with Crippen molar-refractivity contribution >= 4 is 11.7 Å². The molecular formula is C19H23N3O2. The Morgan fingerprint density at radius 2 is 2.17 bits per heavy atom. The van der Waals surface area contributed by atoms with Crippen molar-refractivity contribution in [2.75, 3.05) is 12.3 Å². The van der Waals surface area contributed by atoms with Crippen LogP contribution in [0.3, 0.4) is 0 Å². The molecule has 1 heterocycles. The van der Waals surface area contributed by atoms with Gasteiger partial charge in [0.2, 0.25) is 0 Å². The number of aryl methyl sites for hydroxylation is 1. The summed E-state index contributed by atoms with van der Waals surface area (Å²) in [4.78, 5) is 16.3. The van der Waals surface area contributed by atoms with E-state index in [-0.39, 0.29) is 11.7 Å². The number of nitrogens with zero attached hydrogens (tertiary/aromatic N) is 1. The van der Waals surface area contributed by atoms with Gasteiger partial charge in [-0.1, -0.05) is 24.3 Å². The van der Waals surface area contributed by atoms with Crippen molar-refractivity contribution in [3.63, 3.8) is 0 Å². The van der Waals surface area contributed by atoms with Crippen LogP contribution < -0.4 is 15.8 Å². The molecular weight excluding hydrogens is 302 g/mol. The number of carbonyl (C=O) groups is 1. The third-order valence-corrected chi connectivity index (χ3v) is 3.45. The zero-order valence-electron chi connectivity index (χ0n) is 14.1. The standard InChI is InChI=1S/C19H23N3O2/c1-3-4-5-11-24-16-8-6-7-15(12-16)13-21-19(23)17-10-9-14(2)22-18(17)20/h3-4,6-10,12H,5,11,13H2,1-2H3,(H2,20,22)(H,21,23). The van der Waals surface area contributed by atoms with E-state index in [9.17, 15) is 4.79 Å². The number of allylic oxidation sites excluding steroid dienone is 1. The quantitative estimate of drug-likeness (QED) is 0.605. The van der Waals surface area contributed by atoms with Gasteiger partial charge in [0, 0.05) is 12.2 Å². The Morgan fingerprint density at radius 3 is 2.92 bits per heavy atom. The molecule has 0 saturated carbocycles.